The molecule has 2 unspecified atom stereocenters. The Labute approximate surface area is 115 Å². The van der Waals surface area contributed by atoms with Crippen LogP contribution in [0.4, 0.5) is 0 Å². The molecule has 1 amide bonds. The van der Waals surface area contributed by atoms with Gasteiger partial charge in [-0.15, -0.1) is 11.3 Å². The van der Waals surface area contributed by atoms with Crippen molar-refractivity contribution in [2.45, 2.75) is 44.2 Å². The first kappa shape index (κ1) is 14.0. The van der Waals surface area contributed by atoms with E-state index in [1.54, 1.807) is 11.3 Å². The number of hydrogen-bond acceptors (Lipinski definition) is 4. The van der Waals surface area contributed by atoms with Crippen molar-refractivity contribution in [1.82, 2.24) is 5.32 Å². The van der Waals surface area contributed by atoms with E-state index in [2.05, 4.69) is 5.32 Å². The van der Waals surface area contributed by atoms with Crippen molar-refractivity contribution in [2.75, 3.05) is 0 Å². The molecule has 1 aliphatic rings. The average molecular weight is 282 g/mol. The molecule has 19 heavy (non-hydrogen) atoms. The van der Waals surface area contributed by atoms with Crippen LogP contribution in [0.15, 0.2) is 11.4 Å². The molecule has 0 spiro atoms. The molecule has 0 aliphatic heterocycles. The summed E-state index contributed by atoms with van der Waals surface area (Å²) in [5, 5.41) is 13.6. The van der Waals surface area contributed by atoms with Gasteiger partial charge < -0.3 is 16.2 Å². The minimum atomic E-state index is -0.930. The molecule has 104 valence electrons. The molecule has 6 heteroatoms. The highest BCUT2D eigenvalue weighted by Crippen LogP contribution is 2.33. The number of aliphatic carboxylic acids is 1. The van der Waals surface area contributed by atoms with Gasteiger partial charge in [0.05, 0.1) is 12.1 Å². The second kappa shape index (κ2) is 6.16. The van der Waals surface area contributed by atoms with E-state index in [-0.39, 0.29) is 24.8 Å². The van der Waals surface area contributed by atoms with Gasteiger partial charge in [-0.2, -0.15) is 0 Å². The van der Waals surface area contributed by atoms with E-state index < -0.39 is 12.0 Å². The first-order valence-electron chi connectivity index (χ1n) is 6.42. The van der Waals surface area contributed by atoms with E-state index >= 15 is 0 Å². The Kier molecular flexibility index (Phi) is 4.55. The predicted molar refractivity (Wildman–Crippen MR) is 73.0 cm³/mol. The van der Waals surface area contributed by atoms with Crippen LogP contribution >= 0.6 is 11.3 Å². The summed E-state index contributed by atoms with van der Waals surface area (Å²) in [5.41, 5.74) is 6.90. The Hall–Kier alpha value is -1.40. The second-order valence-corrected chi connectivity index (χ2v) is 5.79. The zero-order valence-electron chi connectivity index (χ0n) is 10.6. The third-order valence-electron chi connectivity index (χ3n) is 3.37. The number of carbonyl (C=O) groups is 2. The maximum absolute atomic E-state index is 11.9. The lowest BCUT2D eigenvalue weighted by Crippen LogP contribution is -2.43. The molecule has 1 aromatic heterocycles. The van der Waals surface area contributed by atoms with Crippen molar-refractivity contribution in [3.05, 3.63) is 21.9 Å². The van der Waals surface area contributed by atoms with E-state index in [0.717, 1.165) is 19.3 Å². The lowest BCUT2D eigenvalue weighted by atomic mass is 9.93. The molecule has 0 fully saturated rings. The standard InChI is InChI=1S/C13H18N2O3S/c14-9(4-5-12(16)17)13(18)15-10-2-1-3-11-8(10)6-7-19-11/h6-7,9-10H,1-5,14H2,(H,15,18)(H,16,17). The van der Waals surface area contributed by atoms with Crippen LogP contribution < -0.4 is 11.1 Å². The number of hydrogen-bond donors (Lipinski definition) is 3. The molecule has 1 aromatic rings. The molecule has 4 N–H and O–H groups in total. The van der Waals surface area contributed by atoms with Gasteiger partial charge in [-0.25, -0.2) is 0 Å². The number of aryl methyl sites for hydroxylation is 1. The number of nitrogens with two attached hydrogens (primary N) is 1. The molecular formula is C13H18N2O3S. The number of amides is 1. The second-order valence-electron chi connectivity index (χ2n) is 4.79. The largest absolute Gasteiger partial charge is 0.481 e. The van der Waals surface area contributed by atoms with Crippen molar-refractivity contribution in [2.24, 2.45) is 5.73 Å². The number of carbonyl (C=O) groups excluding carboxylic acids is 1. The predicted octanol–water partition coefficient (Wildman–Crippen LogP) is 1.43. The Balaban J connectivity index is 1.91. The first-order chi connectivity index (χ1) is 9.08. The quantitative estimate of drug-likeness (QED) is 0.761. The first-order valence-corrected chi connectivity index (χ1v) is 7.30. The summed E-state index contributed by atoms with van der Waals surface area (Å²) in [4.78, 5) is 23.7. The van der Waals surface area contributed by atoms with Crippen LogP contribution in [0.25, 0.3) is 0 Å². The van der Waals surface area contributed by atoms with Gasteiger partial charge in [0, 0.05) is 11.3 Å². The third-order valence-corrected chi connectivity index (χ3v) is 4.37. The van der Waals surface area contributed by atoms with Gasteiger partial charge in [-0.05, 0) is 42.7 Å². The van der Waals surface area contributed by atoms with Gasteiger partial charge >= 0.3 is 5.97 Å². The molecule has 0 aromatic carbocycles. The summed E-state index contributed by atoms with van der Waals surface area (Å²) in [7, 11) is 0. The molecule has 5 nitrogen and oxygen atoms in total. The molecule has 2 atom stereocenters. The Morgan fingerprint density at radius 3 is 3.11 bits per heavy atom. The maximum Gasteiger partial charge on any atom is 0.303 e. The summed E-state index contributed by atoms with van der Waals surface area (Å²) in [6.45, 7) is 0. The van der Waals surface area contributed by atoms with Crippen LogP contribution in [-0.2, 0) is 16.0 Å². The van der Waals surface area contributed by atoms with Crippen molar-refractivity contribution < 1.29 is 14.7 Å². The molecule has 0 saturated carbocycles. The van der Waals surface area contributed by atoms with Gasteiger partial charge in [0.25, 0.3) is 0 Å². The van der Waals surface area contributed by atoms with Gasteiger partial charge in [0.1, 0.15) is 0 Å². The Bertz CT molecular complexity index is 472. The fraction of sp³-hybridized carbons (Fsp3) is 0.538. The fourth-order valence-corrected chi connectivity index (χ4v) is 3.31. The maximum atomic E-state index is 11.9. The zero-order valence-corrected chi connectivity index (χ0v) is 11.4. The Morgan fingerprint density at radius 1 is 1.58 bits per heavy atom. The van der Waals surface area contributed by atoms with Crippen LogP contribution in [0.5, 0.6) is 0 Å². The molecule has 1 heterocycles. The van der Waals surface area contributed by atoms with E-state index in [0.29, 0.717) is 0 Å². The van der Waals surface area contributed by atoms with E-state index in [1.807, 2.05) is 11.4 Å². The summed E-state index contributed by atoms with van der Waals surface area (Å²) in [6.07, 6.45) is 3.14. The zero-order chi connectivity index (χ0) is 13.8. The highest BCUT2D eigenvalue weighted by molar-refractivity contribution is 7.10. The summed E-state index contributed by atoms with van der Waals surface area (Å²) < 4.78 is 0. The molecule has 2 rings (SSSR count). The van der Waals surface area contributed by atoms with E-state index in [1.165, 1.54) is 10.4 Å². The number of thiophene rings is 1. The van der Waals surface area contributed by atoms with Crippen molar-refractivity contribution in [3.63, 3.8) is 0 Å². The number of carboxylic acid groups (broad SMARTS) is 1. The Morgan fingerprint density at radius 2 is 2.37 bits per heavy atom. The van der Waals surface area contributed by atoms with Crippen LogP contribution in [0.1, 0.15) is 42.2 Å². The third kappa shape index (κ3) is 3.54. The summed E-state index contributed by atoms with van der Waals surface area (Å²) in [5.74, 6) is -1.19. The minimum Gasteiger partial charge on any atom is -0.481 e. The lowest BCUT2D eigenvalue weighted by Gasteiger charge is -2.25. The molecule has 0 saturated heterocycles. The minimum absolute atomic E-state index is 0.0263. The number of fused-ring (bicyclic) bond motifs is 1. The number of rotatable bonds is 5. The average Bonchev–Trinajstić information content (AvgIpc) is 2.85. The van der Waals surface area contributed by atoms with E-state index in [9.17, 15) is 9.59 Å². The van der Waals surface area contributed by atoms with Gasteiger partial charge in [-0.3, -0.25) is 9.59 Å². The summed E-state index contributed by atoms with van der Waals surface area (Å²) >= 11 is 1.72. The normalized spacial score (nSPS) is 19.5. The molecule has 1 aliphatic carbocycles. The van der Waals surface area contributed by atoms with Gasteiger partial charge in [-0.1, -0.05) is 0 Å². The smallest absolute Gasteiger partial charge is 0.303 e. The number of carboxylic acids is 1. The summed E-state index contributed by atoms with van der Waals surface area (Å²) in [6, 6.07) is 1.32. The molecule has 0 bridgehead atoms. The molecule has 0 radical (unpaired) electrons. The van der Waals surface area contributed by atoms with Crippen LogP contribution in [0, 0.1) is 0 Å². The number of nitrogens with one attached hydrogen (secondary N) is 1. The molecular weight excluding hydrogens is 264 g/mol. The van der Waals surface area contributed by atoms with Crippen molar-refractivity contribution >= 4 is 23.2 Å². The SMILES string of the molecule is NC(CCC(=O)O)C(=O)NC1CCCc2sccc21. The fourth-order valence-electron chi connectivity index (χ4n) is 2.33. The highest BCUT2D eigenvalue weighted by Gasteiger charge is 2.24. The van der Waals surface area contributed by atoms with Crippen LogP contribution in [0.2, 0.25) is 0 Å². The monoisotopic (exact) mass is 282 g/mol. The van der Waals surface area contributed by atoms with Gasteiger partial charge in [0.15, 0.2) is 0 Å². The lowest BCUT2D eigenvalue weighted by molar-refractivity contribution is -0.137. The van der Waals surface area contributed by atoms with Crippen molar-refractivity contribution in [3.8, 4) is 0 Å². The van der Waals surface area contributed by atoms with Crippen molar-refractivity contribution in [1.29, 1.82) is 0 Å². The van der Waals surface area contributed by atoms with Crippen LogP contribution in [-0.4, -0.2) is 23.0 Å². The highest BCUT2D eigenvalue weighted by atomic mass is 32.1. The van der Waals surface area contributed by atoms with Crippen LogP contribution in [0.3, 0.4) is 0 Å². The topological polar surface area (TPSA) is 92.4 Å². The van der Waals surface area contributed by atoms with Gasteiger partial charge in [0.2, 0.25) is 5.91 Å². The van der Waals surface area contributed by atoms with E-state index in [4.69, 9.17) is 10.8 Å².